The van der Waals surface area contributed by atoms with Crippen LogP contribution in [0.2, 0.25) is 0 Å². The van der Waals surface area contributed by atoms with Crippen LogP contribution in [-0.2, 0) is 15.2 Å². The van der Waals surface area contributed by atoms with Crippen molar-refractivity contribution >= 4 is 28.8 Å². The van der Waals surface area contributed by atoms with Crippen LogP contribution in [0.25, 0.3) is 11.2 Å². The van der Waals surface area contributed by atoms with Gasteiger partial charge in [-0.25, -0.2) is 15.0 Å². The van der Waals surface area contributed by atoms with E-state index in [-0.39, 0.29) is 12.4 Å². The number of anilines is 1. The second-order valence-electron chi connectivity index (χ2n) is 8.62. The summed E-state index contributed by atoms with van der Waals surface area (Å²) in [5.41, 5.74) is 6.17. The van der Waals surface area contributed by atoms with Gasteiger partial charge in [-0.3, -0.25) is 19.1 Å². The Balaban J connectivity index is 1.53. The lowest BCUT2D eigenvalue weighted by Gasteiger charge is -2.36. The summed E-state index contributed by atoms with van der Waals surface area (Å²) < 4.78 is 14.1. The molecule has 33 heavy (non-hydrogen) atoms. The molecule has 5 rings (SSSR count). The van der Waals surface area contributed by atoms with Gasteiger partial charge in [-0.1, -0.05) is 19.1 Å². The number of carbonyl (C=O) groups excluding carboxylic acids is 2. The first-order chi connectivity index (χ1) is 15.7. The molecule has 4 heterocycles. The van der Waals surface area contributed by atoms with Gasteiger partial charge in [0.05, 0.1) is 24.0 Å². The van der Waals surface area contributed by atoms with Gasteiger partial charge in [-0.05, 0) is 32.4 Å². The van der Waals surface area contributed by atoms with Crippen molar-refractivity contribution in [2.75, 3.05) is 12.3 Å². The topological polar surface area (TPSA) is 146 Å². The Hall–Kier alpha value is -3.41. The maximum Gasteiger partial charge on any atom is 0.261 e. The van der Waals surface area contributed by atoms with Crippen molar-refractivity contribution in [2.45, 2.75) is 50.9 Å². The van der Waals surface area contributed by atoms with E-state index >= 15 is 0 Å². The molecule has 1 aromatic carbocycles. The van der Waals surface area contributed by atoms with Crippen LogP contribution >= 0.6 is 0 Å². The number of nitrogens with zero attached hydrogens (tertiary/aromatic N) is 5. The number of fused-ring (bicyclic) bond motifs is 2. The van der Waals surface area contributed by atoms with Gasteiger partial charge in [-0.15, -0.1) is 0 Å². The van der Waals surface area contributed by atoms with E-state index in [2.05, 4.69) is 15.0 Å². The van der Waals surface area contributed by atoms with Crippen molar-refractivity contribution < 1.29 is 24.2 Å². The number of nitrogens with two attached hydrogens (primary N) is 1. The molecule has 2 aliphatic heterocycles. The largest absolute Gasteiger partial charge is 0.388 e. The number of ether oxygens (including phenoxy) is 2. The molecular weight excluding hydrogens is 428 g/mol. The lowest BCUT2D eigenvalue weighted by molar-refractivity contribution is -0.183. The van der Waals surface area contributed by atoms with Gasteiger partial charge in [-0.2, -0.15) is 0 Å². The number of aliphatic hydroxyl groups excluding tert-OH is 1. The molecule has 0 bridgehead atoms. The lowest BCUT2D eigenvalue weighted by Crippen LogP contribution is -2.52. The molecule has 3 aromatic rings. The molecule has 1 fully saturated rings. The normalized spacial score (nSPS) is 25.1. The van der Waals surface area contributed by atoms with Crippen molar-refractivity contribution in [3.05, 3.63) is 48.0 Å². The smallest absolute Gasteiger partial charge is 0.261 e. The average molecular weight is 452 g/mol. The first-order valence-electron chi connectivity index (χ1n) is 10.6. The van der Waals surface area contributed by atoms with Crippen LogP contribution in [0.15, 0.2) is 36.9 Å². The monoisotopic (exact) mass is 452 g/mol. The molecule has 2 aliphatic rings. The zero-order valence-corrected chi connectivity index (χ0v) is 18.4. The van der Waals surface area contributed by atoms with Gasteiger partial charge in [0.15, 0.2) is 23.0 Å². The number of hydrogen-bond acceptors (Lipinski definition) is 9. The van der Waals surface area contributed by atoms with Crippen molar-refractivity contribution in [1.29, 1.82) is 0 Å². The van der Waals surface area contributed by atoms with E-state index in [1.54, 1.807) is 42.7 Å². The van der Waals surface area contributed by atoms with Crippen LogP contribution in [0.1, 0.15) is 47.9 Å². The second kappa shape index (κ2) is 7.30. The fraction of sp³-hybridized carbons (Fsp3) is 0.409. The molecule has 11 heteroatoms. The Morgan fingerprint density at radius 3 is 2.45 bits per heavy atom. The molecule has 0 spiro atoms. The number of nitrogen functional groups attached to an aromatic ring is 1. The van der Waals surface area contributed by atoms with Crippen molar-refractivity contribution in [2.24, 2.45) is 0 Å². The van der Waals surface area contributed by atoms with Crippen LogP contribution in [0.3, 0.4) is 0 Å². The zero-order chi connectivity index (χ0) is 23.5. The third kappa shape index (κ3) is 3.11. The van der Waals surface area contributed by atoms with Gasteiger partial charge < -0.3 is 20.3 Å². The van der Waals surface area contributed by atoms with Crippen molar-refractivity contribution in [1.82, 2.24) is 24.4 Å². The quantitative estimate of drug-likeness (QED) is 0.547. The van der Waals surface area contributed by atoms with E-state index in [4.69, 9.17) is 15.2 Å². The van der Waals surface area contributed by atoms with E-state index in [0.29, 0.717) is 28.7 Å². The van der Waals surface area contributed by atoms with Crippen LogP contribution in [-0.4, -0.2) is 65.9 Å². The van der Waals surface area contributed by atoms with Gasteiger partial charge in [0.2, 0.25) is 0 Å². The lowest BCUT2D eigenvalue weighted by atomic mass is 9.97. The highest BCUT2D eigenvalue weighted by atomic mass is 16.8. The van der Waals surface area contributed by atoms with E-state index in [0.717, 1.165) is 4.90 Å². The highest BCUT2D eigenvalue weighted by Crippen LogP contribution is 2.45. The summed E-state index contributed by atoms with van der Waals surface area (Å²) in [6.45, 7) is 5.08. The molecule has 1 saturated heterocycles. The maximum atomic E-state index is 12.8. The highest BCUT2D eigenvalue weighted by Gasteiger charge is 2.57. The van der Waals surface area contributed by atoms with Crippen LogP contribution in [0.5, 0.6) is 0 Å². The van der Waals surface area contributed by atoms with Crippen molar-refractivity contribution in [3.8, 4) is 0 Å². The van der Waals surface area contributed by atoms with Gasteiger partial charge in [0.25, 0.3) is 11.8 Å². The van der Waals surface area contributed by atoms with E-state index in [1.165, 1.54) is 12.7 Å². The first kappa shape index (κ1) is 21.4. The van der Waals surface area contributed by atoms with Crippen molar-refractivity contribution in [3.63, 3.8) is 0 Å². The fourth-order valence-electron chi connectivity index (χ4n) is 4.73. The summed E-state index contributed by atoms with van der Waals surface area (Å²) in [4.78, 5) is 39.3. The standard InChI is InChI=1S/C22H24N6O5/c1-4-22(28-11-26-15-17(23)24-10-25-18(15)28)16(32-21(2,3)33-22)14(29)9-27-19(30)12-7-5-6-8-13(12)20(27)31/h5-8,10-11,14,16,29H,4,9H2,1-3H3,(H2,23,24,25)/t14?,16-,22+/m1/s1. The molecule has 2 amide bonds. The maximum absolute atomic E-state index is 12.8. The Bertz CT molecular complexity index is 1240. The summed E-state index contributed by atoms with van der Waals surface area (Å²) in [7, 11) is 0. The van der Waals surface area contributed by atoms with Crippen LogP contribution in [0, 0.1) is 0 Å². The number of imidazole rings is 1. The minimum atomic E-state index is -1.26. The number of carbonyl (C=O) groups is 2. The summed E-state index contributed by atoms with van der Waals surface area (Å²) in [5.74, 6) is -1.77. The number of aromatic nitrogens is 4. The summed E-state index contributed by atoms with van der Waals surface area (Å²) in [5, 5.41) is 11.3. The molecule has 2 aromatic heterocycles. The van der Waals surface area contributed by atoms with E-state index in [1.807, 2.05) is 6.92 Å². The van der Waals surface area contributed by atoms with Crippen LogP contribution < -0.4 is 5.73 Å². The molecule has 0 saturated carbocycles. The Kier molecular flexibility index (Phi) is 4.74. The number of imide groups is 1. The third-order valence-electron chi connectivity index (χ3n) is 6.15. The van der Waals surface area contributed by atoms with Gasteiger partial charge in [0, 0.05) is 0 Å². The molecule has 0 radical (unpaired) electrons. The zero-order valence-electron chi connectivity index (χ0n) is 18.4. The molecule has 1 unspecified atom stereocenters. The highest BCUT2D eigenvalue weighted by molar-refractivity contribution is 6.21. The van der Waals surface area contributed by atoms with E-state index < -0.39 is 35.5 Å². The predicted molar refractivity (Wildman–Crippen MR) is 116 cm³/mol. The SMILES string of the molecule is CC[C@]1(n2cnc3c(N)ncnc32)OC(C)(C)O[C@@H]1C(O)CN1C(=O)c2ccccc2C1=O. The average Bonchev–Trinajstić information content (AvgIpc) is 3.42. The van der Waals surface area contributed by atoms with Crippen LogP contribution in [0.4, 0.5) is 5.82 Å². The fourth-order valence-corrected chi connectivity index (χ4v) is 4.73. The molecule has 11 nitrogen and oxygen atoms in total. The summed E-state index contributed by atoms with van der Waals surface area (Å²) in [6.07, 6.45) is 1.01. The minimum Gasteiger partial charge on any atom is -0.388 e. The van der Waals surface area contributed by atoms with Gasteiger partial charge in [0.1, 0.15) is 24.1 Å². The number of β-amino-alcohol motifs (C(OH)–C–C–N with tert-alkyl or cyclic N) is 1. The third-order valence-corrected chi connectivity index (χ3v) is 6.15. The summed E-state index contributed by atoms with van der Waals surface area (Å²) in [6, 6.07) is 6.58. The molecule has 0 aliphatic carbocycles. The Morgan fingerprint density at radius 1 is 1.15 bits per heavy atom. The molecule has 3 N–H and O–H groups in total. The molecule has 172 valence electrons. The molecule has 3 atom stereocenters. The Morgan fingerprint density at radius 2 is 1.82 bits per heavy atom. The predicted octanol–water partition coefficient (Wildman–Crippen LogP) is 1.28. The first-order valence-corrected chi connectivity index (χ1v) is 10.6. The Labute approximate surface area is 189 Å². The molecular formula is C22H24N6O5. The second-order valence-corrected chi connectivity index (χ2v) is 8.62. The van der Waals surface area contributed by atoms with E-state index in [9.17, 15) is 14.7 Å². The number of aliphatic hydroxyl groups is 1. The number of amides is 2. The number of rotatable bonds is 5. The minimum absolute atomic E-state index is 0.214. The summed E-state index contributed by atoms with van der Waals surface area (Å²) >= 11 is 0. The number of hydrogen-bond donors (Lipinski definition) is 2. The number of benzene rings is 1. The van der Waals surface area contributed by atoms with Gasteiger partial charge >= 0.3 is 0 Å².